The van der Waals surface area contributed by atoms with Crippen LogP contribution in [0.5, 0.6) is 0 Å². The third kappa shape index (κ3) is 1.65. The van der Waals surface area contributed by atoms with E-state index in [1.807, 2.05) is 0 Å². The molecular weight excluding hydrogens is 160 g/mol. The third-order valence-corrected chi connectivity index (χ3v) is 2.24. The van der Waals surface area contributed by atoms with Crippen LogP contribution in [0.4, 0.5) is 0 Å². The van der Waals surface area contributed by atoms with E-state index in [9.17, 15) is 4.79 Å². The Balaban J connectivity index is 2.57. The summed E-state index contributed by atoms with van der Waals surface area (Å²) in [6, 6.07) is 0. The first-order chi connectivity index (χ1) is 5.62. The summed E-state index contributed by atoms with van der Waals surface area (Å²) < 4.78 is 10.3. The lowest BCUT2D eigenvalue weighted by atomic mass is 9.98. The molecule has 1 rings (SSSR count). The van der Waals surface area contributed by atoms with Gasteiger partial charge in [-0.1, -0.05) is 0 Å². The standard InChI is InChI=1S/C8H14O4/c1-8(6(10)5-9)4-3-7(11-2)12-8/h7,9H,3-5H2,1-2H3. The number of carbonyl (C=O) groups is 1. The highest BCUT2D eigenvalue weighted by molar-refractivity contribution is 5.88. The van der Waals surface area contributed by atoms with Gasteiger partial charge in [0.25, 0.3) is 0 Å². The molecule has 0 radical (unpaired) electrons. The molecule has 1 aliphatic heterocycles. The van der Waals surface area contributed by atoms with Crippen molar-refractivity contribution in [2.24, 2.45) is 0 Å². The monoisotopic (exact) mass is 174 g/mol. The summed E-state index contributed by atoms with van der Waals surface area (Å²) in [4.78, 5) is 11.2. The highest BCUT2D eigenvalue weighted by atomic mass is 16.7. The van der Waals surface area contributed by atoms with Crippen LogP contribution in [0, 0.1) is 0 Å². The van der Waals surface area contributed by atoms with Gasteiger partial charge in [0.2, 0.25) is 0 Å². The molecule has 1 saturated heterocycles. The Kier molecular flexibility index (Phi) is 2.82. The van der Waals surface area contributed by atoms with Crippen molar-refractivity contribution in [1.82, 2.24) is 0 Å². The molecule has 4 heteroatoms. The van der Waals surface area contributed by atoms with E-state index in [1.165, 1.54) is 0 Å². The molecule has 2 unspecified atom stereocenters. The van der Waals surface area contributed by atoms with Gasteiger partial charge in [0.1, 0.15) is 12.2 Å². The maximum absolute atomic E-state index is 11.2. The number of ether oxygens (including phenoxy) is 2. The lowest BCUT2D eigenvalue weighted by Crippen LogP contribution is -2.37. The first-order valence-corrected chi connectivity index (χ1v) is 3.97. The summed E-state index contributed by atoms with van der Waals surface area (Å²) in [6.45, 7) is 1.22. The Labute approximate surface area is 71.5 Å². The lowest BCUT2D eigenvalue weighted by Gasteiger charge is -2.21. The average molecular weight is 174 g/mol. The molecule has 0 aromatic rings. The number of aliphatic hydroxyl groups excluding tert-OH is 1. The quantitative estimate of drug-likeness (QED) is 0.658. The van der Waals surface area contributed by atoms with Gasteiger partial charge < -0.3 is 14.6 Å². The fraction of sp³-hybridized carbons (Fsp3) is 0.875. The van der Waals surface area contributed by atoms with Crippen molar-refractivity contribution < 1.29 is 19.4 Å². The van der Waals surface area contributed by atoms with Gasteiger partial charge in [-0.2, -0.15) is 0 Å². The van der Waals surface area contributed by atoms with Crippen LogP contribution in [0.3, 0.4) is 0 Å². The first kappa shape index (κ1) is 9.64. The predicted molar refractivity (Wildman–Crippen MR) is 41.6 cm³/mol. The Hall–Kier alpha value is -0.450. The minimum atomic E-state index is -0.838. The van der Waals surface area contributed by atoms with Gasteiger partial charge in [0.15, 0.2) is 12.1 Å². The maximum Gasteiger partial charge on any atom is 0.189 e. The minimum Gasteiger partial charge on any atom is -0.388 e. The van der Waals surface area contributed by atoms with E-state index in [4.69, 9.17) is 14.6 Å². The van der Waals surface area contributed by atoms with E-state index in [-0.39, 0.29) is 12.1 Å². The average Bonchev–Trinajstić information content (AvgIpc) is 2.47. The number of aliphatic hydroxyl groups is 1. The summed E-state index contributed by atoms with van der Waals surface area (Å²) in [5.41, 5.74) is -0.838. The molecule has 0 aromatic heterocycles. The van der Waals surface area contributed by atoms with Crippen molar-refractivity contribution in [3.05, 3.63) is 0 Å². The Morgan fingerprint density at radius 3 is 2.92 bits per heavy atom. The van der Waals surface area contributed by atoms with Gasteiger partial charge in [0.05, 0.1) is 0 Å². The fourth-order valence-electron chi connectivity index (χ4n) is 1.34. The molecule has 4 nitrogen and oxygen atoms in total. The van der Waals surface area contributed by atoms with Crippen molar-refractivity contribution in [3.8, 4) is 0 Å². The molecule has 1 heterocycles. The Bertz CT molecular complexity index is 180. The summed E-state index contributed by atoms with van der Waals surface area (Å²) in [5, 5.41) is 8.65. The van der Waals surface area contributed by atoms with E-state index in [1.54, 1.807) is 14.0 Å². The van der Waals surface area contributed by atoms with Gasteiger partial charge in [-0.3, -0.25) is 4.79 Å². The molecule has 70 valence electrons. The lowest BCUT2D eigenvalue weighted by molar-refractivity contribution is -0.169. The van der Waals surface area contributed by atoms with Crippen molar-refractivity contribution >= 4 is 5.78 Å². The van der Waals surface area contributed by atoms with Gasteiger partial charge in [-0.15, -0.1) is 0 Å². The number of hydrogen-bond acceptors (Lipinski definition) is 4. The molecule has 1 N–H and O–H groups in total. The van der Waals surface area contributed by atoms with Gasteiger partial charge >= 0.3 is 0 Å². The normalized spacial score (nSPS) is 35.4. The van der Waals surface area contributed by atoms with Crippen LogP contribution < -0.4 is 0 Å². The zero-order chi connectivity index (χ0) is 9.19. The van der Waals surface area contributed by atoms with Crippen molar-refractivity contribution in [2.75, 3.05) is 13.7 Å². The minimum absolute atomic E-state index is 0.276. The van der Waals surface area contributed by atoms with E-state index >= 15 is 0 Å². The van der Waals surface area contributed by atoms with Crippen molar-refractivity contribution in [2.45, 2.75) is 31.7 Å². The maximum atomic E-state index is 11.2. The zero-order valence-corrected chi connectivity index (χ0v) is 7.37. The first-order valence-electron chi connectivity index (χ1n) is 3.97. The van der Waals surface area contributed by atoms with Crippen LogP contribution in [-0.4, -0.2) is 36.5 Å². The molecule has 0 saturated carbocycles. The smallest absolute Gasteiger partial charge is 0.189 e. The van der Waals surface area contributed by atoms with Crippen LogP contribution in [0.25, 0.3) is 0 Å². The van der Waals surface area contributed by atoms with Crippen LogP contribution in [0.1, 0.15) is 19.8 Å². The van der Waals surface area contributed by atoms with E-state index < -0.39 is 12.2 Å². The van der Waals surface area contributed by atoms with E-state index in [0.29, 0.717) is 12.8 Å². The second-order valence-corrected chi connectivity index (χ2v) is 3.13. The highest BCUT2D eigenvalue weighted by Crippen LogP contribution is 2.30. The molecule has 0 bridgehead atoms. The fourth-order valence-corrected chi connectivity index (χ4v) is 1.34. The molecule has 1 fully saturated rings. The van der Waals surface area contributed by atoms with Crippen molar-refractivity contribution in [3.63, 3.8) is 0 Å². The summed E-state index contributed by atoms with van der Waals surface area (Å²) in [6.07, 6.45) is 1.02. The Morgan fingerprint density at radius 1 is 1.83 bits per heavy atom. The van der Waals surface area contributed by atoms with Crippen molar-refractivity contribution in [1.29, 1.82) is 0 Å². The molecule has 12 heavy (non-hydrogen) atoms. The molecule has 0 amide bonds. The zero-order valence-electron chi connectivity index (χ0n) is 7.37. The number of rotatable bonds is 3. The van der Waals surface area contributed by atoms with E-state index in [0.717, 1.165) is 0 Å². The second-order valence-electron chi connectivity index (χ2n) is 3.13. The summed E-state index contributed by atoms with van der Waals surface area (Å²) in [5.74, 6) is -0.276. The largest absolute Gasteiger partial charge is 0.388 e. The molecular formula is C8H14O4. The SMILES string of the molecule is COC1CCC(C)(C(=O)CO)O1. The number of Topliss-reactive ketones (excluding diaryl/α,β-unsaturated/α-hetero) is 1. The molecule has 0 aromatic carbocycles. The second kappa shape index (κ2) is 3.51. The molecule has 1 aliphatic rings. The van der Waals surface area contributed by atoms with Crippen LogP contribution in [0.15, 0.2) is 0 Å². The highest BCUT2D eigenvalue weighted by Gasteiger charge is 2.41. The molecule has 0 spiro atoms. The number of ketones is 1. The number of methoxy groups -OCH3 is 1. The molecule has 2 atom stereocenters. The Morgan fingerprint density at radius 2 is 2.50 bits per heavy atom. The van der Waals surface area contributed by atoms with E-state index in [2.05, 4.69) is 0 Å². The van der Waals surface area contributed by atoms with Crippen LogP contribution in [0.2, 0.25) is 0 Å². The molecule has 0 aliphatic carbocycles. The topological polar surface area (TPSA) is 55.8 Å². The van der Waals surface area contributed by atoms with Gasteiger partial charge in [0, 0.05) is 13.5 Å². The summed E-state index contributed by atoms with van der Waals surface area (Å²) >= 11 is 0. The van der Waals surface area contributed by atoms with Gasteiger partial charge in [-0.25, -0.2) is 0 Å². The number of carbonyl (C=O) groups excluding carboxylic acids is 1. The predicted octanol–water partition coefficient (Wildman–Crippen LogP) is 0.0894. The van der Waals surface area contributed by atoms with Crippen LogP contribution in [-0.2, 0) is 14.3 Å². The summed E-state index contributed by atoms with van der Waals surface area (Å²) in [7, 11) is 1.54. The third-order valence-electron chi connectivity index (χ3n) is 2.24. The van der Waals surface area contributed by atoms with Crippen LogP contribution >= 0.6 is 0 Å². The number of hydrogen-bond donors (Lipinski definition) is 1. The van der Waals surface area contributed by atoms with Gasteiger partial charge in [-0.05, 0) is 13.3 Å².